The van der Waals surface area contributed by atoms with Crippen LogP contribution in [-0.2, 0) is 4.74 Å². The summed E-state index contributed by atoms with van der Waals surface area (Å²) >= 11 is 5.23. The first kappa shape index (κ1) is 19.9. The molecule has 2 aromatic rings. The SMILES string of the molecule is CCOC(=S)N(c1ccc(C(=O)O)cc1)c1ccc(C(=O)O)cc1C(=O)O. The van der Waals surface area contributed by atoms with Crippen molar-refractivity contribution in [2.24, 2.45) is 0 Å². The number of thiocarbonyl (C=S) groups is 1. The Bertz CT molecular complexity index is 908. The van der Waals surface area contributed by atoms with E-state index in [0.717, 1.165) is 6.07 Å². The molecule has 2 aromatic carbocycles. The highest BCUT2D eigenvalue weighted by Crippen LogP contribution is 2.31. The summed E-state index contributed by atoms with van der Waals surface area (Å²) in [4.78, 5) is 35.2. The number of nitrogens with zero attached hydrogens (tertiary/aromatic N) is 1. The van der Waals surface area contributed by atoms with E-state index in [0.29, 0.717) is 5.69 Å². The Hall–Kier alpha value is -3.46. The molecule has 0 saturated heterocycles. The van der Waals surface area contributed by atoms with E-state index in [1.54, 1.807) is 6.92 Å². The standard InChI is InChI=1S/C18H15NO7S/c1-2-26-18(27)19(12-6-3-10(4-7-12)15(20)21)14-8-5-11(16(22)23)9-13(14)17(24)25/h3-9H,2H2,1H3,(H,20,21)(H,22,23)(H,24,25). The van der Waals surface area contributed by atoms with E-state index in [1.807, 2.05) is 0 Å². The number of benzene rings is 2. The van der Waals surface area contributed by atoms with Crippen molar-refractivity contribution in [3.05, 3.63) is 59.2 Å². The van der Waals surface area contributed by atoms with E-state index >= 15 is 0 Å². The van der Waals surface area contributed by atoms with Gasteiger partial charge in [0.15, 0.2) is 0 Å². The zero-order valence-electron chi connectivity index (χ0n) is 14.1. The second-order valence-electron chi connectivity index (χ2n) is 5.23. The molecule has 9 heteroatoms. The van der Waals surface area contributed by atoms with Crippen molar-refractivity contribution in [3.63, 3.8) is 0 Å². The van der Waals surface area contributed by atoms with Crippen LogP contribution in [-0.4, -0.2) is 45.0 Å². The second kappa shape index (κ2) is 8.28. The highest BCUT2D eigenvalue weighted by atomic mass is 32.1. The molecule has 0 aliphatic rings. The molecule has 0 aliphatic heterocycles. The van der Waals surface area contributed by atoms with Crippen LogP contribution in [0.25, 0.3) is 0 Å². The Morgan fingerprint density at radius 3 is 1.96 bits per heavy atom. The van der Waals surface area contributed by atoms with Crippen LogP contribution in [0.2, 0.25) is 0 Å². The second-order valence-corrected chi connectivity index (χ2v) is 5.58. The van der Waals surface area contributed by atoms with E-state index < -0.39 is 17.9 Å². The number of anilines is 2. The topological polar surface area (TPSA) is 124 Å². The van der Waals surface area contributed by atoms with Crippen LogP contribution in [0.15, 0.2) is 42.5 Å². The van der Waals surface area contributed by atoms with Gasteiger partial charge in [0.25, 0.3) is 5.17 Å². The van der Waals surface area contributed by atoms with Gasteiger partial charge in [-0.1, -0.05) is 0 Å². The molecule has 0 spiro atoms. The van der Waals surface area contributed by atoms with Crippen LogP contribution < -0.4 is 4.90 Å². The number of ether oxygens (including phenoxy) is 1. The van der Waals surface area contributed by atoms with Gasteiger partial charge in [-0.2, -0.15) is 0 Å². The molecular formula is C18H15NO7S. The fourth-order valence-electron chi connectivity index (χ4n) is 2.32. The Labute approximate surface area is 159 Å². The highest BCUT2D eigenvalue weighted by Gasteiger charge is 2.23. The van der Waals surface area contributed by atoms with Crippen molar-refractivity contribution in [3.8, 4) is 0 Å². The first-order valence-corrected chi connectivity index (χ1v) is 8.08. The molecule has 0 bridgehead atoms. The lowest BCUT2D eigenvalue weighted by atomic mass is 10.1. The maximum absolute atomic E-state index is 11.7. The van der Waals surface area contributed by atoms with Gasteiger partial charge in [0.1, 0.15) is 0 Å². The summed E-state index contributed by atoms with van der Waals surface area (Å²) in [5.74, 6) is -3.73. The lowest BCUT2D eigenvalue weighted by molar-refractivity contribution is 0.0682. The molecule has 0 heterocycles. The Balaban J connectivity index is 2.64. The van der Waals surface area contributed by atoms with E-state index in [1.165, 1.54) is 41.3 Å². The summed E-state index contributed by atoms with van der Waals surface area (Å²) in [7, 11) is 0. The third-order valence-electron chi connectivity index (χ3n) is 3.54. The van der Waals surface area contributed by atoms with Gasteiger partial charge in [0, 0.05) is 5.69 Å². The first-order chi connectivity index (χ1) is 12.8. The number of aromatic carboxylic acids is 3. The van der Waals surface area contributed by atoms with Crippen LogP contribution in [0.5, 0.6) is 0 Å². The number of hydrogen-bond acceptors (Lipinski definition) is 5. The molecule has 0 aliphatic carbocycles. The average molecular weight is 389 g/mol. The number of rotatable bonds is 6. The molecule has 140 valence electrons. The van der Waals surface area contributed by atoms with Crippen LogP contribution in [0, 0.1) is 0 Å². The molecule has 8 nitrogen and oxygen atoms in total. The predicted molar refractivity (Wildman–Crippen MR) is 100 cm³/mol. The zero-order valence-corrected chi connectivity index (χ0v) is 14.9. The van der Waals surface area contributed by atoms with Gasteiger partial charge < -0.3 is 20.1 Å². The molecule has 0 atom stereocenters. The summed E-state index contributed by atoms with van der Waals surface area (Å²) in [6, 6.07) is 9.15. The van der Waals surface area contributed by atoms with Gasteiger partial charge in [-0.15, -0.1) is 0 Å². The van der Waals surface area contributed by atoms with Gasteiger partial charge in [0.2, 0.25) is 0 Å². The van der Waals surface area contributed by atoms with Gasteiger partial charge in [0.05, 0.1) is 29.0 Å². The lowest BCUT2D eigenvalue weighted by Crippen LogP contribution is -2.28. The molecule has 3 N–H and O–H groups in total. The maximum atomic E-state index is 11.7. The van der Waals surface area contributed by atoms with E-state index in [2.05, 4.69) is 0 Å². The first-order valence-electron chi connectivity index (χ1n) is 7.67. The van der Waals surface area contributed by atoms with Crippen LogP contribution in [0.4, 0.5) is 11.4 Å². The normalized spacial score (nSPS) is 10.1. The molecular weight excluding hydrogens is 374 g/mol. The summed E-state index contributed by atoms with van der Waals surface area (Å²) in [6.07, 6.45) is 0. The van der Waals surface area contributed by atoms with Gasteiger partial charge in [-0.25, -0.2) is 14.4 Å². The van der Waals surface area contributed by atoms with Gasteiger partial charge in [-0.05, 0) is 61.6 Å². The largest absolute Gasteiger partial charge is 0.478 e. The van der Waals surface area contributed by atoms with E-state index in [4.69, 9.17) is 27.2 Å². The summed E-state index contributed by atoms with van der Waals surface area (Å²) in [6.45, 7) is 1.92. The van der Waals surface area contributed by atoms with Crippen LogP contribution in [0.1, 0.15) is 38.0 Å². The van der Waals surface area contributed by atoms with Crippen LogP contribution in [0.3, 0.4) is 0 Å². The monoisotopic (exact) mass is 389 g/mol. The molecule has 0 fully saturated rings. The van der Waals surface area contributed by atoms with Crippen molar-refractivity contribution in [2.75, 3.05) is 11.5 Å². The fourth-order valence-corrected chi connectivity index (χ4v) is 2.64. The molecule has 0 radical (unpaired) electrons. The minimum absolute atomic E-state index is 0.0423. The summed E-state index contributed by atoms with van der Waals surface area (Å²) < 4.78 is 5.33. The Morgan fingerprint density at radius 2 is 1.48 bits per heavy atom. The number of hydrogen-bond donors (Lipinski definition) is 3. The summed E-state index contributed by atoms with van der Waals surface area (Å²) in [5.41, 5.74) is 0.0117. The predicted octanol–water partition coefficient (Wildman–Crippen LogP) is 3.24. The third kappa shape index (κ3) is 4.39. The van der Waals surface area contributed by atoms with Crippen molar-refractivity contribution in [1.29, 1.82) is 0 Å². The van der Waals surface area contributed by atoms with Gasteiger partial charge in [-0.3, -0.25) is 4.90 Å². The minimum Gasteiger partial charge on any atom is -0.478 e. The quantitative estimate of drug-likeness (QED) is 0.639. The number of carbonyl (C=O) groups is 3. The highest BCUT2D eigenvalue weighted by molar-refractivity contribution is 7.80. The molecule has 0 aromatic heterocycles. The minimum atomic E-state index is -1.35. The van der Waals surface area contributed by atoms with Crippen molar-refractivity contribution >= 4 is 46.7 Å². The van der Waals surface area contributed by atoms with E-state index in [-0.39, 0.29) is 34.2 Å². The molecule has 0 unspecified atom stereocenters. The maximum Gasteiger partial charge on any atom is 0.337 e. The zero-order chi connectivity index (χ0) is 20.1. The molecule has 2 rings (SSSR count). The number of carboxylic acid groups (broad SMARTS) is 3. The van der Waals surface area contributed by atoms with Crippen molar-refractivity contribution in [1.82, 2.24) is 0 Å². The molecule has 0 amide bonds. The molecule has 0 saturated carbocycles. The summed E-state index contributed by atoms with van der Waals surface area (Å²) in [5, 5.41) is 27.6. The van der Waals surface area contributed by atoms with E-state index in [9.17, 15) is 19.5 Å². The average Bonchev–Trinajstić information content (AvgIpc) is 2.62. The number of carboxylic acids is 3. The molecule has 27 heavy (non-hydrogen) atoms. The lowest BCUT2D eigenvalue weighted by Gasteiger charge is -2.26. The van der Waals surface area contributed by atoms with Gasteiger partial charge >= 0.3 is 17.9 Å². The van der Waals surface area contributed by atoms with Crippen molar-refractivity contribution in [2.45, 2.75) is 6.92 Å². The van der Waals surface area contributed by atoms with Crippen molar-refractivity contribution < 1.29 is 34.4 Å². The Morgan fingerprint density at radius 1 is 0.926 bits per heavy atom. The third-order valence-corrected chi connectivity index (χ3v) is 3.84. The Kier molecular flexibility index (Phi) is 6.09. The smallest absolute Gasteiger partial charge is 0.337 e. The van der Waals surface area contributed by atoms with Crippen LogP contribution >= 0.6 is 12.2 Å². The fraction of sp³-hybridized carbons (Fsp3) is 0.111.